The van der Waals surface area contributed by atoms with Gasteiger partial charge in [-0.2, -0.15) is 0 Å². The second-order valence-electron chi connectivity index (χ2n) is 5.10. The van der Waals surface area contributed by atoms with Gasteiger partial charge in [-0.05, 0) is 43.3 Å². The number of hydrogen-bond acceptors (Lipinski definition) is 2. The fraction of sp³-hybridized carbons (Fsp3) is 0.786. The molecule has 1 aliphatic carbocycles. The molecule has 92 valence electrons. The van der Waals surface area contributed by atoms with Crippen molar-refractivity contribution < 1.29 is 9.90 Å². The van der Waals surface area contributed by atoms with E-state index in [1.807, 2.05) is 20.8 Å². The van der Waals surface area contributed by atoms with Gasteiger partial charge in [0.05, 0.1) is 11.5 Å². The van der Waals surface area contributed by atoms with Gasteiger partial charge in [-0.25, -0.2) is 0 Å². The summed E-state index contributed by atoms with van der Waals surface area (Å²) in [7, 11) is 0. The van der Waals surface area contributed by atoms with Crippen molar-refractivity contribution in [2.45, 2.75) is 60.0 Å². The third-order valence-corrected chi connectivity index (χ3v) is 4.27. The predicted octanol–water partition coefficient (Wildman–Crippen LogP) is 3.10. The molecule has 0 heterocycles. The van der Waals surface area contributed by atoms with Gasteiger partial charge in [-0.1, -0.05) is 27.7 Å². The third kappa shape index (κ3) is 1.73. The minimum Gasteiger partial charge on any atom is -0.388 e. The maximum Gasteiger partial charge on any atom is 0.167 e. The Morgan fingerprint density at radius 1 is 1.38 bits per heavy atom. The Hall–Kier alpha value is -0.630. The van der Waals surface area contributed by atoms with Gasteiger partial charge >= 0.3 is 0 Å². The first kappa shape index (κ1) is 13.4. The van der Waals surface area contributed by atoms with Crippen LogP contribution in [0.4, 0.5) is 0 Å². The molecule has 1 unspecified atom stereocenters. The molecule has 1 rings (SSSR count). The molecule has 2 nitrogen and oxygen atoms in total. The zero-order chi connectivity index (χ0) is 12.5. The number of carbonyl (C=O) groups excluding carboxylic acids is 1. The summed E-state index contributed by atoms with van der Waals surface area (Å²) in [6.45, 7) is 10.1. The van der Waals surface area contributed by atoms with Crippen LogP contribution in [0, 0.1) is 11.3 Å². The van der Waals surface area contributed by atoms with Gasteiger partial charge in [0, 0.05) is 0 Å². The van der Waals surface area contributed by atoms with Gasteiger partial charge in [0.25, 0.3) is 0 Å². The number of carbonyl (C=O) groups is 1. The van der Waals surface area contributed by atoms with Crippen LogP contribution >= 0.6 is 0 Å². The van der Waals surface area contributed by atoms with Crippen LogP contribution in [-0.4, -0.2) is 17.0 Å². The molecule has 0 saturated carbocycles. The Balaban J connectivity index is 3.21. The van der Waals surface area contributed by atoms with E-state index in [1.165, 1.54) is 0 Å². The SMILES string of the molecule is CCC1=C(C(C)CC)[C@@H](O)[C@@](C)(CC)C1=O. The molecule has 0 saturated heterocycles. The highest BCUT2D eigenvalue weighted by Crippen LogP contribution is 2.45. The molecule has 2 heteroatoms. The second-order valence-corrected chi connectivity index (χ2v) is 5.10. The van der Waals surface area contributed by atoms with Gasteiger partial charge < -0.3 is 5.11 Å². The number of allylic oxidation sites excluding steroid dienone is 1. The zero-order valence-electron chi connectivity index (χ0n) is 11.1. The molecule has 16 heavy (non-hydrogen) atoms. The van der Waals surface area contributed by atoms with Crippen LogP contribution < -0.4 is 0 Å². The molecule has 0 fully saturated rings. The summed E-state index contributed by atoms with van der Waals surface area (Å²) in [6.07, 6.45) is 1.85. The topological polar surface area (TPSA) is 37.3 Å². The van der Waals surface area contributed by atoms with Crippen LogP contribution in [0.1, 0.15) is 53.9 Å². The lowest BCUT2D eigenvalue weighted by Crippen LogP contribution is -2.35. The van der Waals surface area contributed by atoms with Crippen LogP contribution in [0.15, 0.2) is 11.1 Å². The van der Waals surface area contributed by atoms with E-state index < -0.39 is 11.5 Å². The van der Waals surface area contributed by atoms with Crippen LogP contribution in [0.2, 0.25) is 0 Å². The minimum absolute atomic E-state index is 0.167. The van der Waals surface area contributed by atoms with Gasteiger partial charge in [-0.3, -0.25) is 4.79 Å². The average molecular weight is 224 g/mol. The maximum absolute atomic E-state index is 12.3. The monoisotopic (exact) mass is 224 g/mol. The van der Waals surface area contributed by atoms with Crippen molar-refractivity contribution >= 4 is 5.78 Å². The fourth-order valence-corrected chi connectivity index (χ4v) is 2.61. The number of Topliss-reactive ketones (excluding diaryl/α,β-unsaturated/α-hetero) is 1. The molecule has 0 amide bonds. The van der Waals surface area contributed by atoms with Gasteiger partial charge in [-0.15, -0.1) is 0 Å². The summed E-state index contributed by atoms with van der Waals surface area (Å²) < 4.78 is 0. The number of ketones is 1. The first-order valence-corrected chi connectivity index (χ1v) is 6.39. The summed E-state index contributed by atoms with van der Waals surface area (Å²) in [5, 5.41) is 10.4. The van der Waals surface area contributed by atoms with Crippen molar-refractivity contribution in [3.8, 4) is 0 Å². The van der Waals surface area contributed by atoms with Crippen LogP contribution in [-0.2, 0) is 4.79 Å². The molecule has 0 aliphatic heterocycles. The van der Waals surface area contributed by atoms with Gasteiger partial charge in [0.1, 0.15) is 0 Å². The molecule has 3 atom stereocenters. The normalized spacial score (nSPS) is 32.4. The Morgan fingerprint density at radius 3 is 2.31 bits per heavy atom. The molecule has 0 aromatic carbocycles. The Labute approximate surface area is 98.7 Å². The van der Waals surface area contributed by atoms with Crippen molar-refractivity contribution in [1.29, 1.82) is 0 Å². The molecular formula is C14H24O2. The largest absolute Gasteiger partial charge is 0.388 e. The summed E-state index contributed by atoms with van der Waals surface area (Å²) in [4.78, 5) is 12.3. The molecular weight excluding hydrogens is 200 g/mol. The fourth-order valence-electron chi connectivity index (χ4n) is 2.61. The zero-order valence-corrected chi connectivity index (χ0v) is 11.1. The lowest BCUT2D eigenvalue weighted by molar-refractivity contribution is -0.126. The Kier molecular flexibility index (Phi) is 3.95. The quantitative estimate of drug-likeness (QED) is 0.796. The molecule has 0 aromatic rings. The van der Waals surface area contributed by atoms with Crippen LogP contribution in [0.5, 0.6) is 0 Å². The lowest BCUT2D eigenvalue weighted by Gasteiger charge is -2.28. The van der Waals surface area contributed by atoms with Crippen molar-refractivity contribution in [2.24, 2.45) is 11.3 Å². The Bertz CT molecular complexity index is 317. The first-order chi connectivity index (χ1) is 7.43. The van der Waals surface area contributed by atoms with Crippen LogP contribution in [0.25, 0.3) is 0 Å². The molecule has 0 radical (unpaired) electrons. The predicted molar refractivity (Wildman–Crippen MR) is 66.2 cm³/mol. The molecule has 0 aromatic heterocycles. The van der Waals surface area contributed by atoms with Crippen molar-refractivity contribution in [3.05, 3.63) is 11.1 Å². The minimum atomic E-state index is -0.579. The average Bonchev–Trinajstić information content (AvgIpc) is 2.49. The highest BCUT2D eigenvalue weighted by Gasteiger charge is 2.49. The van der Waals surface area contributed by atoms with E-state index in [-0.39, 0.29) is 5.78 Å². The van der Waals surface area contributed by atoms with E-state index in [2.05, 4.69) is 13.8 Å². The summed E-state index contributed by atoms with van der Waals surface area (Å²) in [5.74, 6) is 0.475. The van der Waals surface area contributed by atoms with E-state index in [0.29, 0.717) is 12.3 Å². The third-order valence-electron chi connectivity index (χ3n) is 4.27. The summed E-state index contributed by atoms with van der Waals surface area (Å²) in [5.41, 5.74) is 1.30. The molecule has 1 aliphatic rings. The van der Waals surface area contributed by atoms with Crippen molar-refractivity contribution in [2.75, 3.05) is 0 Å². The van der Waals surface area contributed by atoms with E-state index in [9.17, 15) is 9.90 Å². The van der Waals surface area contributed by atoms with Crippen molar-refractivity contribution in [3.63, 3.8) is 0 Å². The molecule has 1 N–H and O–H groups in total. The van der Waals surface area contributed by atoms with Gasteiger partial charge in [0.2, 0.25) is 0 Å². The molecule has 0 bridgehead atoms. The van der Waals surface area contributed by atoms with E-state index in [4.69, 9.17) is 0 Å². The smallest absolute Gasteiger partial charge is 0.167 e. The number of rotatable bonds is 4. The number of aliphatic hydroxyl groups is 1. The van der Waals surface area contributed by atoms with E-state index >= 15 is 0 Å². The first-order valence-electron chi connectivity index (χ1n) is 6.39. The lowest BCUT2D eigenvalue weighted by atomic mass is 9.78. The van der Waals surface area contributed by atoms with E-state index in [0.717, 1.165) is 24.0 Å². The molecule has 0 spiro atoms. The van der Waals surface area contributed by atoms with Crippen LogP contribution in [0.3, 0.4) is 0 Å². The summed E-state index contributed by atoms with van der Waals surface area (Å²) in [6, 6.07) is 0. The number of aliphatic hydroxyl groups excluding tert-OH is 1. The Morgan fingerprint density at radius 2 is 1.94 bits per heavy atom. The van der Waals surface area contributed by atoms with Gasteiger partial charge in [0.15, 0.2) is 5.78 Å². The number of hydrogen-bond donors (Lipinski definition) is 1. The second kappa shape index (κ2) is 4.70. The maximum atomic E-state index is 12.3. The van der Waals surface area contributed by atoms with E-state index in [1.54, 1.807) is 0 Å². The summed E-state index contributed by atoms with van der Waals surface area (Å²) >= 11 is 0. The highest BCUT2D eigenvalue weighted by molar-refractivity contribution is 6.04. The highest BCUT2D eigenvalue weighted by atomic mass is 16.3. The standard InChI is InChI=1S/C14H24O2/c1-6-9(4)11-10(7-2)12(15)14(5,8-3)13(11)16/h9,13,16H,6-8H2,1-5H3/t9?,13-,14+/m1/s1. The van der Waals surface area contributed by atoms with Crippen molar-refractivity contribution in [1.82, 2.24) is 0 Å².